The minimum atomic E-state index is -0.742. The molecule has 1 aliphatic rings. The van der Waals surface area contributed by atoms with E-state index < -0.39 is 5.60 Å². The fourth-order valence-corrected chi connectivity index (χ4v) is 3.27. The summed E-state index contributed by atoms with van der Waals surface area (Å²) in [5.74, 6) is 1.65. The van der Waals surface area contributed by atoms with Crippen molar-refractivity contribution in [3.63, 3.8) is 0 Å². The number of amides is 2. The number of aryl methyl sites for hydroxylation is 1. The number of urea groups is 1. The molecule has 0 spiro atoms. The molecule has 4 nitrogen and oxygen atoms in total. The molecule has 0 aliphatic carbocycles. The van der Waals surface area contributed by atoms with Gasteiger partial charge in [-0.3, -0.25) is 0 Å². The van der Waals surface area contributed by atoms with Gasteiger partial charge in [-0.1, -0.05) is 19.1 Å². The summed E-state index contributed by atoms with van der Waals surface area (Å²) in [7, 11) is 0. The molecule has 2 amide bonds. The van der Waals surface area contributed by atoms with Gasteiger partial charge in [0.05, 0.1) is 5.60 Å². The van der Waals surface area contributed by atoms with E-state index in [1.165, 1.54) is 5.56 Å². The second kappa shape index (κ2) is 6.30. The zero-order valence-electron chi connectivity index (χ0n) is 11.1. The maximum absolute atomic E-state index is 11.7. The van der Waals surface area contributed by atoms with Crippen LogP contribution in [0.25, 0.3) is 0 Å². The third-order valence-electron chi connectivity index (χ3n) is 3.28. The summed E-state index contributed by atoms with van der Waals surface area (Å²) in [5.41, 5.74) is 1.26. The Morgan fingerprint density at radius 1 is 1.42 bits per heavy atom. The Hall–Kier alpha value is -1.20. The molecule has 1 unspecified atom stereocenters. The molecule has 19 heavy (non-hydrogen) atoms. The number of hydrogen-bond acceptors (Lipinski definition) is 3. The molecule has 0 aromatic heterocycles. The molecule has 104 valence electrons. The van der Waals surface area contributed by atoms with Gasteiger partial charge in [-0.05, 0) is 36.3 Å². The second-order valence-electron chi connectivity index (χ2n) is 4.89. The molecule has 1 saturated heterocycles. The van der Waals surface area contributed by atoms with E-state index in [1.807, 2.05) is 24.3 Å². The van der Waals surface area contributed by atoms with Crippen LogP contribution in [0.4, 0.5) is 10.5 Å². The molecule has 3 N–H and O–H groups in total. The highest BCUT2D eigenvalue weighted by Crippen LogP contribution is 2.26. The lowest BCUT2D eigenvalue weighted by atomic mass is 10.0. The van der Waals surface area contributed by atoms with E-state index >= 15 is 0 Å². The molecular weight excluding hydrogens is 260 g/mol. The van der Waals surface area contributed by atoms with Crippen LogP contribution >= 0.6 is 11.8 Å². The molecule has 1 aromatic rings. The Kier molecular flexibility index (Phi) is 4.71. The number of carbonyl (C=O) groups excluding carboxylic acids is 1. The van der Waals surface area contributed by atoms with Gasteiger partial charge < -0.3 is 15.7 Å². The second-order valence-corrected chi connectivity index (χ2v) is 5.99. The van der Waals surface area contributed by atoms with E-state index in [0.29, 0.717) is 12.3 Å². The minimum Gasteiger partial charge on any atom is -0.387 e. The first-order chi connectivity index (χ1) is 9.11. The van der Waals surface area contributed by atoms with E-state index in [-0.39, 0.29) is 6.03 Å². The van der Waals surface area contributed by atoms with E-state index in [9.17, 15) is 9.90 Å². The maximum Gasteiger partial charge on any atom is 0.319 e. The molecule has 2 rings (SSSR count). The lowest BCUT2D eigenvalue weighted by Crippen LogP contribution is -2.44. The summed E-state index contributed by atoms with van der Waals surface area (Å²) in [6.45, 7) is 2.40. The smallest absolute Gasteiger partial charge is 0.319 e. The fourth-order valence-electron chi connectivity index (χ4n) is 1.98. The van der Waals surface area contributed by atoms with Crippen molar-refractivity contribution in [3.05, 3.63) is 29.8 Å². The standard InChI is InChI=1S/C14H20N2O2S/c1-2-11-3-5-12(6-4-11)16-13(17)15-9-14(18)7-8-19-10-14/h3-6,18H,2,7-10H2,1H3,(H2,15,16,17). The van der Waals surface area contributed by atoms with Crippen molar-refractivity contribution in [2.24, 2.45) is 0 Å². The molecule has 5 heteroatoms. The zero-order chi connectivity index (χ0) is 13.7. The summed E-state index contributed by atoms with van der Waals surface area (Å²) in [6, 6.07) is 7.50. The zero-order valence-corrected chi connectivity index (χ0v) is 11.9. The topological polar surface area (TPSA) is 61.4 Å². The van der Waals surface area contributed by atoms with E-state index in [0.717, 1.165) is 24.3 Å². The Balaban J connectivity index is 1.80. The van der Waals surface area contributed by atoms with Crippen LogP contribution in [0.2, 0.25) is 0 Å². The molecule has 0 bridgehead atoms. The van der Waals surface area contributed by atoms with Gasteiger partial charge in [0, 0.05) is 18.0 Å². The minimum absolute atomic E-state index is 0.269. The first-order valence-electron chi connectivity index (χ1n) is 6.55. The molecule has 1 fully saturated rings. The first-order valence-corrected chi connectivity index (χ1v) is 7.71. The summed E-state index contributed by atoms with van der Waals surface area (Å²) in [4.78, 5) is 11.7. The largest absolute Gasteiger partial charge is 0.387 e. The highest BCUT2D eigenvalue weighted by molar-refractivity contribution is 7.99. The third-order valence-corrected chi connectivity index (χ3v) is 4.51. The molecule has 0 saturated carbocycles. The van der Waals surface area contributed by atoms with Crippen molar-refractivity contribution < 1.29 is 9.90 Å². The first kappa shape index (κ1) is 14.2. The quantitative estimate of drug-likeness (QED) is 0.792. The van der Waals surface area contributed by atoms with Crippen molar-refractivity contribution >= 4 is 23.5 Å². The Morgan fingerprint density at radius 3 is 2.74 bits per heavy atom. The van der Waals surface area contributed by atoms with Gasteiger partial charge in [-0.15, -0.1) is 0 Å². The highest BCUT2D eigenvalue weighted by Gasteiger charge is 2.31. The monoisotopic (exact) mass is 280 g/mol. The van der Waals surface area contributed by atoms with Crippen LogP contribution in [0.5, 0.6) is 0 Å². The van der Waals surface area contributed by atoms with Gasteiger partial charge in [0.25, 0.3) is 0 Å². The number of nitrogens with one attached hydrogen (secondary N) is 2. The average molecular weight is 280 g/mol. The van der Waals surface area contributed by atoms with Crippen LogP contribution in [0.15, 0.2) is 24.3 Å². The molecular formula is C14H20N2O2S. The third kappa shape index (κ3) is 4.14. The number of hydrogen-bond donors (Lipinski definition) is 3. The summed E-state index contributed by atoms with van der Waals surface area (Å²) in [6.07, 6.45) is 1.72. The highest BCUT2D eigenvalue weighted by atomic mass is 32.2. The Morgan fingerprint density at radius 2 is 2.16 bits per heavy atom. The SMILES string of the molecule is CCc1ccc(NC(=O)NCC2(O)CCSC2)cc1. The van der Waals surface area contributed by atoms with Gasteiger partial charge in [0.15, 0.2) is 0 Å². The molecule has 1 aromatic carbocycles. The number of carbonyl (C=O) groups is 1. The van der Waals surface area contributed by atoms with Gasteiger partial charge in [0.1, 0.15) is 0 Å². The number of aliphatic hydroxyl groups is 1. The lowest BCUT2D eigenvalue weighted by Gasteiger charge is -2.21. The van der Waals surface area contributed by atoms with Crippen LogP contribution in [0.1, 0.15) is 18.9 Å². The Labute approximate surface area is 118 Å². The van der Waals surface area contributed by atoms with E-state index in [4.69, 9.17) is 0 Å². The van der Waals surface area contributed by atoms with Gasteiger partial charge >= 0.3 is 6.03 Å². The fraction of sp³-hybridized carbons (Fsp3) is 0.500. The summed E-state index contributed by atoms with van der Waals surface area (Å²) in [5, 5.41) is 15.6. The maximum atomic E-state index is 11.7. The van der Waals surface area contributed by atoms with Gasteiger partial charge in [-0.2, -0.15) is 11.8 Å². The van der Waals surface area contributed by atoms with Crippen LogP contribution in [-0.2, 0) is 6.42 Å². The van der Waals surface area contributed by atoms with Crippen molar-refractivity contribution in [1.82, 2.24) is 5.32 Å². The molecule has 1 atom stereocenters. The predicted octanol–water partition coefficient (Wildman–Crippen LogP) is 2.24. The molecule has 1 heterocycles. The van der Waals surface area contributed by atoms with Crippen LogP contribution in [0.3, 0.4) is 0 Å². The lowest BCUT2D eigenvalue weighted by molar-refractivity contribution is 0.0706. The number of thioether (sulfide) groups is 1. The normalized spacial score (nSPS) is 22.2. The van der Waals surface area contributed by atoms with Crippen LogP contribution in [0, 0.1) is 0 Å². The average Bonchev–Trinajstić information content (AvgIpc) is 2.85. The Bertz CT molecular complexity index is 428. The number of anilines is 1. The summed E-state index contributed by atoms with van der Waals surface area (Å²) < 4.78 is 0. The molecule has 0 radical (unpaired) electrons. The van der Waals surface area contributed by atoms with Crippen molar-refractivity contribution in [2.45, 2.75) is 25.4 Å². The molecule has 1 aliphatic heterocycles. The number of benzene rings is 1. The van der Waals surface area contributed by atoms with Crippen molar-refractivity contribution in [3.8, 4) is 0 Å². The van der Waals surface area contributed by atoms with E-state index in [2.05, 4.69) is 17.6 Å². The summed E-state index contributed by atoms with van der Waals surface area (Å²) >= 11 is 1.72. The van der Waals surface area contributed by atoms with Crippen molar-refractivity contribution in [2.75, 3.05) is 23.4 Å². The number of rotatable bonds is 4. The van der Waals surface area contributed by atoms with Crippen LogP contribution < -0.4 is 10.6 Å². The van der Waals surface area contributed by atoms with Gasteiger partial charge in [0.2, 0.25) is 0 Å². The van der Waals surface area contributed by atoms with Gasteiger partial charge in [-0.25, -0.2) is 4.79 Å². The van der Waals surface area contributed by atoms with E-state index in [1.54, 1.807) is 11.8 Å². The predicted molar refractivity (Wildman–Crippen MR) is 79.7 cm³/mol. The van der Waals surface area contributed by atoms with Crippen LogP contribution in [-0.4, -0.2) is 34.8 Å². The van der Waals surface area contributed by atoms with Crippen molar-refractivity contribution in [1.29, 1.82) is 0 Å².